The molecule has 1 N–H and O–H groups in total. The summed E-state index contributed by atoms with van der Waals surface area (Å²) in [5.41, 5.74) is 2.12. The fourth-order valence-electron chi connectivity index (χ4n) is 3.01. The van der Waals surface area contributed by atoms with E-state index in [1.54, 1.807) is 0 Å². The van der Waals surface area contributed by atoms with E-state index in [1.165, 1.54) is 0 Å². The molecule has 1 amide bonds. The third-order valence-corrected chi connectivity index (χ3v) is 4.13. The number of morpholine rings is 2. The molecule has 0 aliphatic carbocycles. The van der Waals surface area contributed by atoms with Crippen molar-refractivity contribution in [2.45, 2.75) is 32.6 Å². The predicted octanol–water partition coefficient (Wildman–Crippen LogP) is 0.559. The zero-order valence-electron chi connectivity index (χ0n) is 14.1. The van der Waals surface area contributed by atoms with Gasteiger partial charge in [0.2, 0.25) is 0 Å². The largest absolute Gasteiger partial charge is 0.373 e. The Morgan fingerprint density at radius 3 is 2.75 bits per heavy atom. The van der Waals surface area contributed by atoms with Crippen molar-refractivity contribution in [3.63, 3.8) is 0 Å². The highest BCUT2D eigenvalue weighted by molar-refractivity contribution is 5.85. The Balaban J connectivity index is 0.00000144. The number of ether oxygens (including phenoxy) is 2. The van der Waals surface area contributed by atoms with Gasteiger partial charge in [-0.1, -0.05) is 0 Å². The fraction of sp³-hybridized carbons (Fsp3) is 0.733. The minimum absolute atomic E-state index is 0. The van der Waals surface area contributed by atoms with Crippen molar-refractivity contribution in [3.05, 3.63) is 17.5 Å². The summed E-state index contributed by atoms with van der Waals surface area (Å²) >= 11 is 0. The van der Waals surface area contributed by atoms with Crippen LogP contribution in [0.3, 0.4) is 0 Å². The quantitative estimate of drug-likeness (QED) is 0.829. The van der Waals surface area contributed by atoms with Gasteiger partial charge in [-0.15, -0.1) is 24.8 Å². The summed E-state index contributed by atoms with van der Waals surface area (Å²) in [6.07, 6.45) is -0.381. The van der Waals surface area contributed by atoms with E-state index in [-0.39, 0.29) is 42.9 Å². The standard InChI is InChI=1S/C15H24N4O3.2ClH/c1-11-7-12(2)19(17-11)10-13-9-18(4-6-21-13)15(20)14-8-16-3-5-22-14;;/h7,13-14,16H,3-6,8-10H2,1-2H3;2*1H. The number of hydrogen-bond acceptors (Lipinski definition) is 5. The molecule has 2 aliphatic rings. The molecule has 0 spiro atoms. The average molecular weight is 381 g/mol. The van der Waals surface area contributed by atoms with Crippen molar-refractivity contribution in [2.24, 2.45) is 0 Å². The number of halogens is 2. The maximum Gasteiger partial charge on any atom is 0.253 e. The number of amides is 1. The van der Waals surface area contributed by atoms with E-state index >= 15 is 0 Å². The second-order valence-electron chi connectivity index (χ2n) is 5.95. The number of aryl methyl sites for hydroxylation is 2. The van der Waals surface area contributed by atoms with E-state index in [1.807, 2.05) is 29.5 Å². The molecule has 0 bridgehead atoms. The zero-order valence-corrected chi connectivity index (χ0v) is 15.7. The molecule has 2 atom stereocenters. The molecule has 9 heteroatoms. The van der Waals surface area contributed by atoms with E-state index in [9.17, 15) is 4.79 Å². The number of carbonyl (C=O) groups is 1. The SMILES string of the molecule is Cc1cc(C)n(CC2CN(C(=O)C3CNCCO3)CCO2)n1.Cl.Cl. The molecular weight excluding hydrogens is 355 g/mol. The van der Waals surface area contributed by atoms with Crippen molar-refractivity contribution >= 4 is 30.7 Å². The molecule has 1 aromatic rings. The van der Waals surface area contributed by atoms with Crippen LogP contribution >= 0.6 is 24.8 Å². The number of hydrogen-bond donors (Lipinski definition) is 1. The summed E-state index contributed by atoms with van der Waals surface area (Å²) in [6, 6.07) is 2.05. The van der Waals surface area contributed by atoms with Crippen LogP contribution in [0.25, 0.3) is 0 Å². The summed E-state index contributed by atoms with van der Waals surface area (Å²) in [7, 11) is 0. The molecule has 3 rings (SSSR count). The molecule has 0 aromatic carbocycles. The van der Waals surface area contributed by atoms with Crippen LogP contribution in [-0.4, -0.2) is 72.2 Å². The van der Waals surface area contributed by atoms with E-state index in [0.717, 1.165) is 17.9 Å². The Kier molecular flexibility index (Phi) is 8.45. The summed E-state index contributed by atoms with van der Waals surface area (Å²) in [5, 5.41) is 7.66. The van der Waals surface area contributed by atoms with Crippen molar-refractivity contribution in [1.82, 2.24) is 20.0 Å². The summed E-state index contributed by atoms with van der Waals surface area (Å²) in [5.74, 6) is 0.0638. The molecule has 2 saturated heterocycles. The van der Waals surface area contributed by atoms with Crippen LogP contribution < -0.4 is 5.32 Å². The van der Waals surface area contributed by atoms with Gasteiger partial charge in [0.25, 0.3) is 5.91 Å². The lowest BCUT2D eigenvalue weighted by Crippen LogP contribution is -2.54. The molecule has 3 heterocycles. The number of carbonyl (C=O) groups excluding carboxylic acids is 1. The lowest BCUT2D eigenvalue weighted by atomic mass is 10.2. The molecule has 2 aliphatic heterocycles. The Morgan fingerprint density at radius 1 is 1.33 bits per heavy atom. The Hall–Kier alpha value is -0.860. The van der Waals surface area contributed by atoms with Gasteiger partial charge in [0.05, 0.1) is 31.6 Å². The molecule has 2 unspecified atom stereocenters. The van der Waals surface area contributed by atoms with Gasteiger partial charge in [-0.05, 0) is 19.9 Å². The van der Waals surface area contributed by atoms with Gasteiger partial charge in [-0.2, -0.15) is 5.10 Å². The second-order valence-corrected chi connectivity index (χ2v) is 5.95. The van der Waals surface area contributed by atoms with E-state index in [0.29, 0.717) is 39.4 Å². The van der Waals surface area contributed by atoms with Crippen molar-refractivity contribution in [2.75, 3.05) is 39.4 Å². The molecule has 7 nitrogen and oxygen atoms in total. The summed E-state index contributed by atoms with van der Waals surface area (Å²) in [6.45, 7) is 8.48. The predicted molar refractivity (Wildman–Crippen MR) is 95.1 cm³/mol. The highest BCUT2D eigenvalue weighted by Crippen LogP contribution is 2.12. The van der Waals surface area contributed by atoms with Gasteiger partial charge < -0.3 is 19.7 Å². The van der Waals surface area contributed by atoms with Gasteiger partial charge >= 0.3 is 0 Å². The molecule has 24 heavy (non-hydrogen) atoms. The Bertz CT molecular complexity index is 535. The molecule has 138 valence electrons. The van der Waals surface area contributed by atoms with Crippen molar-refractivity contribution in [1.29, 1.82) is 0 Å². The third-order valence-electron chi connectivity index (χ3n) is 4.13. The number of nitrogens with zero attached hydrogens (tertiary/aromatic N) is 3. The monoisotopic (exact) mass is 380 g/mol. The normalized spacial score (nSPS) is 24.0. The average Bonchev–Trinajstić information content (AvgIpc) is 2.85. The van der Waals surface area contributed by atoms with Crippen LogP contribution in [0.4, 0.5) is 0 Å². The fourth-order valence-corrected chi connectivity index (χ4v) is 3.01. The Labute approximate surface area is 154 Å². The van der Waals surface area contributed by atoms with Gasteiger partial charge in [-0.3, -0.25) is 9.48 Å². The highest BCUT2D eigenvalue weighted by atomic mass is 35.5. The van der Waals surface area contributed by atoms with Crippen molar-refractivity contribution in [3.8, 4) is 0 Å². The molecule has 2 fully saturated rings. The maximum absolute atomic E-state index is 12.5. The first-order chi connectivity index (χ1) is 10.6. The summed E-state index contributed by atoms with van der Waals surface area (Å²) in [4.78, 5) is 14.4. The van der Waals surface area contributed by atoms with E-state index in [4.69, 9.17) is 9.47 Å². The van der Waals surface area contributed by atoms with Crippen LogP contribution in [0, 0.1) is 13.8 Å². The zero-order chi connectivity index (χ0) is 15.5. The summed E-state index contributed by atoms with van der Waals surface area (Å²) < 4.78 is 13.3. The van der Waals surface area contributed by atoms with Gasteiger partial charge in [0.15, 0.2) is 0 Å². The molecule has 1 aromatic heterocycles. The van der Waals surface area contributed by atoms with Gasteiger partial charge in [0, 0.05) is 31.9 Å². The van der Waals surface area contributed by atoms with Gasteiger partial charge in [0.1, 0.15) is 6.10 Å². The number of rotatable bonds is 3. The minimum atomic E-state index is -0.360. The van der Waals surface area contributed by atoms with Crippen LogP contribution in [-0.2, 0) is 20.8 Å². The first-order valence-electron chi connectivity index (χ1n) is 7.87. The highest BCUT2D eigenvalue weighted by Gasteiger charge is 2.31. The van der Waals surface area contributed by atoms with E-state index < -0.39 is 0 Å². The smallest absolute Gasteiger partial charge is 0.253 e. The van der Waals surface area contributed by atoms with Crippen LogP contribution in [0.15, 0.2) is 6.07 Å². The molecule has 0 saturated carbocycles. The third kappa shape index (κ3) is 5.07. The van der Waals surface area contributed by atoms with Crippen LogP contribution in [0.2, 0.25) is 0 Å². The van der Waals surface area contributed by atoms with Crippen LogP contribution in [0.5, 0.6) is 0 Å². The van der Waals surface area contributed by atoms with Crippen LogP contribution in [0.1, 0.15) is 11.4 Å². The lowest BCUT2D eigenvalue weighted by molar-refractivity contribution is -0.153. The van der Waals surface area contributed by atoms with Crippen molar-refractivity contribution < 1.29 is 14.3 Å². The topological polar surface area (TPSA) is 68.6 Å². The molecule has 0 radical (unpaired) electrons. The maximum atomic E-state index is 12.5. The second kappa shape index (κ2) is 9.58. The molecular formula is C15H26Cl2N4O3. The number of aromatic nitrogens is 2. The number of nitrogens with one attached hydrogen (secondary N) is 1. The Morgan fingerprint density at radius 2 is 2.12 bits per heavy atom. The lowest BCUT2D eigenvalue weighted by Gasteiger charge is -2.36. The first kappa shape index (κ1) is 21.2. The van der Waals surface area contributed by atoms with E-state index in [2.05, 4.69) is 10.4 Å². The van der Waals surface area contributed by atoms with Gasteiger partial charge in [-0.25, -0.2) is 0 Å². The minimum Gasteiger partial charge on any atom is -0.373 e. The first-order valence-corrected chi connectivity index (χ1v) is 7.87.